The molecule has 0 spiro atoms. The van der Waals surface area contributed by atoms with Crippen molar-refractivity contribution in [3.63, 3.8) is 0 Å². The van der Waals surface area contributed by atoms with Crippen molar-refractivity contribution in [1.29, 1.82) is 0 Å². The number of benzene rings is 2. The first-order valence-electron chi connectivity index (χ1n) is 9.52. The average molecular weight is 437 g/mol. The van der Waals surface area contributed by atoms with Crippen LogP contribution in [-0.4, -0.2) is 44.6 Å². The number of hydrogen-bond acceptors (Lipinski definition) is 5. The van der Waals surface area contributed by atoms with Gasteiger partial charge in [-0.3, -0.25) is 4.79 Å². The van der Waals surface area contributed by atoms with Crippen molar-refractivity contribution in [2.75, 3.05) is 37.5 Å². The summed E-state index contributed by atoms with van der Waals surface area (Å²) in [6, 6.07) is 7.49. The fraction of sp³-hybridized carbons (Fsp3) is 0.318. The van der Waals surface area contributed by atoms with Crippen molar-refractivity contribution in [2.24, 2.45) is 0 Å². The Morgan fingerprint density at radius 3 is 2.42 bits per heavy atom. The van der Waals surface area contributed by atoms with Crippen LogP contribution in [0.1, 0.15) is 11.1 Å². The molecule has 0 radical (unpaired) electrons. The van der Waals surface area contributed by atoms with Crippen LogP contribution in [0.5, 0.6) is 5.75 Å². The van der Waals surface area contributed by atoms with Crippen LogP contribution in [0.15, 0.2) is 43.0 Å². The first kappa shape index (κ1) is 24.1. The molecule has 2 aromatic rings. The number of nitrogens with zero attached hydrogens (tertiary/aromatic N) is 1. The van der Waals surface area contributed by atoms with E-state index in [1.165, 1.54) is 18.2 Å². The molecule has 0 fully saturated rings. The van der Waals surface area contributed by atoms with Gasteiger partial charge in [0.15, 0.2) is 0 Å². The quantitative estimate of drug-likeness (QED) is 0.520. The van der Waals surface area contributed by atoms with Crippen LogP contribution in [0.3, 0.4) is 0 Å². The van der Waals surface area contributed by atoms with Crippen molar-refractivity contribution >= 4 is 17.3 Å². The van der Waals surface area contributed by atoms with E-state index in [2.05, 4.69) is 21.9 Å². The van der Waals surface area contributed by atoms with Crippen LogP contribution in [-0.2, 0) is 11.3 Å². The lowest BCUT2D eigenvalue weighted by Gasteiger charge is -2.26. The highest BCUT2D eigenvalue weighted by atomic mass is 19.4. The third-order valence-electron chi connectivity index (χ3n) is 4.53. The summed E-state index contributed by atoms with van der Waals surface area (Å²) < 4.78 is 41.3. The summed E-state index contributed by atoms with van der Waals surface area (Å²) in [5.41, 5.74) is 4.71. The number of carbonyl (C=O) groups is 1. The first-order chi connectivity index (χ1) is 14.6. The Kier molecular flexibility index (Phi) is 7.93. The molecule has 6 nitrogen and oxygen atoms in total. The summed E-state index contributed by atoms with van der Waals surface area (Å²) >= 11 is 0. The van der Waals surface area contributed by atoms with Crippen molar-refractivity contribution in [3.05, 3.63) is 54.1 Å². The Bertz CT molecular complexity index is 926. The number of aliphatic hydroxyl groups is 1. The Labute approximate surface area is 179 Å². The standard InChI is InChI=1S/C22H26F3N3O3/c1-5-19(30)27-13-16-12-18(14(2)21(28(3)4)20(16)26-10-11-29)15-6-8-17(9-7-15)31-22(23,24)25/h5-9,12,26,29H,1,10-11,13H2,2-4H3,(H,27,30). The smallest absolute Gasteiger partial charge is 0.406 e. The van der Waals surface area contributed by atoms with E-state index in [-0.39, 0.29) is 24.8 Å². The maximum Gasteiger partial charge on any atom is 0.573 e. The lowest BCUT2D eigenvalue weighted by atomic mass is 9.94. The Hall–Kier alpha value is -3.20. The second-order valence-corrected chi connectivity index (χ2v) is 6.97. The van der Waals surface area contributed by atoms with Crippen molar-refractivity contribution in [2.45, 2.75) is 19.8 Å². The van der Waals surface area contributed by atoms with E-state index in [0.717, 1.165) is 28.1 Å². The fourth-order valence-electron chi connectivity index (χ4n) is 3.29. The molecule has 0 aliphatic carbocycles. The fourth-order valence-corrected chi connectivity index (χ4v) is 3.29. The van der Waals surface area contributed by atoms with Gasteiger partial charge in [-0.05, 0) is 53.5 Å². The van der Waals surface area contributed by atoms with E-state index in [1.807, 2.05) is 32.0 Å². The summed E-state index contributed by atoms with van der Waals surface area (Å²) in [5, 5.41) is 15.2. The number of hydrogen-bond donors (Lipinski definition) is 3. The van der Waals surface area contributed by atoms with Gasteiger partial charge in [-0.15, -0.1) is 13.2 Å². The van der Waals surface area contributed by atoms with Gasteiger partial charge >= 0.3 is 6.36 Å². The predicted octanol–water partition coefficient (Wildman–Crippen LogP) is 3.83. The SMILES string of the molecule is C=CC(=O)NCc1cc(-c2ccc(OC(F)(F)F)cc2)c(C)c(N(C)C)c1NCCO. The molecule has 9 heteroatoms. The molecule has 0 bridgehead atoms. The van der Waals surface area contributed by atoms with Gasteiger partial charge in [0.2, 0.25) is 5.91 Å². The average Bonchev–Trinajstić information content (AvgIpc) is 2.70. The van der Waals surface area contributed by atoms with E-state index in [1.54, 1.807) is 12.1 Å². The summed E-state index contributed by atoms with van der Waals surface area (Å²) in [5.74, 6) is -0.642. The van der Waals surface area contributed by atoms with Crippen LogP contribution >= 0.6 is 0 Å². The number of amides is 1. The zero-order valence-electron chi connectivity index (χ0n) is 17.6. The van der Waals surface area contributed by atoms with Crippen molar-refractivity contribution in [3.8, 4) is 16.9 Å². The highest BCUT2D eigenvalue weighted by molar-refractivity contribution is 5.88. The molecule has 31 heavy (non-hydrogen) atoms. The van der Waals surface area contributed by atoms with Crippen molar-refractivity contribution in [1.82, 2.24) is 5.32 Å². The van der Waals surface area contributed by atoms with Crippen molar-refractivity contribution < 1.29 is 27.8 Å². The molecule has 0 saturated carbocycles. The molecule has 0 saturated heterocycles. The Morgan fingerprint density at radius 1 is 1.26 bits per heavy atom. The number of carbonyl (C=O) groups excluding carboxylic acids is 1. The molecule has 0 aliphatic rings. The third kappa shape index (κ3) is 6.39. The molecule has 3 N–H and O–H groups in total. The number of rotatable bonds is 9. The Morgan fingerprint density at radius 2 is 1.90 bits per heavy atom. The lowest BCUT2D eigenvalue weighted by Crippen LogP contribution is -2.23. The van der Waals surface area contributed by atoms with E-state index < -0.39 is 6.36 Å². The number of ether oxygens (including phenoxy) is 1. The zero-order valence-corrected chi connectivity index (χ0v) is 17.6. The monoisotopic (exact) mass is 437 g/mol. The largest absolute Gasteiger partial charge is 0.573 e. The minimum absolute atomic E-state index is 0.0766. The second kappa shape index (κ2) is 10.2. The molecule has 0 aromatic heterocycles. The maximum atomic E-state index is 12.5. The molecular weight excluding hydrogens is 411 g/mol. The summed E-state index contributed by atoms with van der Waals surface area (Å²) in [4.78, 5) is 13.6. The Balaban J connectivity index is 2.57. The van der Waals surface area contributed by atoms with Gasteiger partial charge in [0, 0.05) is 27.2 Å². The van der Waals surface area contributed by atoms with Crippen LogP contribution in [0.25, 0.3) is 11.1 Å². The normalized spacial score (nSPS) is 11.1. The minimum atomic E-state index is -4.76. The lowest BCUT2D eigenvalue weighted by molar-refractivity contribution is -0.274. The van der Waals surface area contributed by atoms with Gasteiger partial charge in [0.25, 0.3) is 0 Å². The number of nitrogens with one attached hydrogen (secondary N) is 2. The number of alkyl halides is 3. The number of halogens is 3. The van der Waals surface area contributed by atoms with Crippen LogP contribution < -0.4 is 20.3 Å². The minimum Gasteiger partial charge on any atom is -0.406 e. The van der Waals surface area contributed by atoms with Gasteiger partial charge in [0.1, 0.15) is 5.75 Å². The summed E-state index contributed by atoms with van der Waals surface area (Å²) in [7, 11) is 3.73. The highest BCUT2D eigenvalue weighted by Gasteiger charge is 2.31. The van der Waals surface area contributed by atoms with Gasteiger partial charge < -0.3 is 25.4 Å². The van der Waals surface area contributed by atoms with Crippen LogP contribution in [0.2, 0.25) is 0 Å². The summed E-state index contributed by atoms with van der Waals surface area (Å²) in [6.07, 6.45) is -3.59. The van der Waals surface area contributed by atoms with E-state index >= 15 is 0 Å². The first-order valence-corrected chi connectivity index (χ1v) is 9.52. The van der Waals surface area contributed by atoms with Crippen LogP contribution in [0.4, 0.5) is 24.5 Å². The highest BCUT2D eigenvalue weighted by Crippen LogP contribution is 2.39. The molecule has 168 valence electrons. The van der Waals surface area contributed by atoms with Crippen LogP contribution in [0, 0.1) is 6.92 Å². The molecule has 1 amide bonds. The molecule has 0 atom stereocenters. The molecule has 0 unspecified atom stereocenters. The molecule has 2 rings (SSSR count). The third-order valence-corrected chi connectivity index (χ3v) is 4.53. The molecule has 0 aliphatic heterocycles. The zero-order chi connectivity index (χ0) is 23.2. The second-order valence-electron chi connectivity index (χ2n) is 6.97. The van der Waals surface area contributed by atoms with Gasteiger partial charge in [-0.2, -0.15) is 0 Å². The summed E-state index contributed by atoms with van der Waals surface area (Å²) in [6.45, 7) is 5.78. The molecular formula is C22H26F3N3O3. The van der Waals surface area contributed by atoms with E-state index in [0.29, 0.717) is 12.1 Å². The topological polar surface area (TPSA) is 73.8 Å². The number of aliphatic hydroxyl groups excluding tert-OH is 1. The van der Waals surface area contributed by atoms with Gasteiger partial charge in [-0.1, -0.05) is 18.7 Å². The van der Waals surface area contributed by atoms with E-state index in [4.69, 9.17) is 0 Å². The van der Waals surface area contributed by atoms with E-state index in [9.17, 15) is 23.1 Å². The maximum absolute atomic E-state index is 12.5. The molecule has 0 heterocycles. The predicted molar refractivity (Wildman–Crippen MR) is 115 cm³/mol. The van der Waals surface area contributed by atoms with Gasteiger partial charge in [-0.25, -0.2) is 0 Å². The van der Waals surface area contributed by atoms with Gasteiger partial charge in [0.05, 0.1) is 18.0 Å². The number of anilines is 2. The molecule has 2 aromatic carbocycles.